The molecule has 0 heterocycles. The average molecular weight is 228 g/mol. The highest BCUT2D eigenvalue weighted by Crippen LogP contribution is 2.06. The van der Waals surface area contributed by atoms with E-state index in [0.29, 0.717) is 5.92 Å². The lowest BCUT2D eigenvalue weighted by molar-refractivity contribution is 0.233. The largest absolute Gasteiger partial charge is 0.330 e. The summed E-state index contributed by atoms with van der Waals surface area (Å²) in [6.07, 6.45) is 5.48. The van der Waals surface area contributed by atoms with Crippen molar-refractivity contribution in [1.29, 1.82) is 0 Å². The molecule has 0 aliphatic heterocycles. The van der Waals surface area contributed by atoms with Crippen LogP contribution in [0.2, 0.25) is 0 Å². The molecule has 16 heavy (non-hydrogen) atoms. The third-order valence-electron chi connectivity index (χ3n) is 2.43. The summed E-state index contributed by atoms with van der Waals surface area (Å²) in [5.74, 6) is 0.589. The highest BCUT2D eigenvalue weighted by atomic mass is 15.1. The monoisotopic (exact) mass is 228 g/mol. The lowest BCUT2D eigenvalue weighted by Gasteiger charge is -2.25. The Morgan fingerprint density at radius 2 is 1.69 bits per heavy atom. The van der Waals surface area contributed by atoms with Crippen molar-refractivity contribution >= 4 is 0 Å². The van der Waals surface area contributed by atoms with Gasteiger partial charge in [0.25, 0.3) is 0 Å². The molecule has 0 rings (SSSR count). The summed E-state index contributed by atoms with van der Waals surface area (Å²) in [5.41, 5.74) is 5.73. The molecule has 0 aliphatic carbocycles. The Hall–Kier alpha value is -0.340. The molecule has 1 atom stereocenters. The topological polar surface area (TPSA) is 29.3 Å². The second-order valence-corrected chi connectivity index (χ2v) is 3.93. The van der Waals surface area contributed by atoms with Crippen LogP contribution >= 0.6 is 0 Å². The van der Waals surface area contributed by atoms with Gasteiger partial charge in [0.2, 0.25) is 0 Å². The first kappa shape index (κ1) is 18.0. The summed E-state index contributed by atoms with van der Waals surface area (Å²) in [4.78, 5) is 2.51. The molecule has 0 aromatic rings. The van der Waals surface area contributed by atoms with E-state index in [-0.39, 0.29) is 0 Å². The van der Waals surface area contributed by atoms with Crippen LogP contribution in [0.1, 0.15) is 47.0 Å². The molecule has 0 spiro atoms. The third-order valence-corrected chi connectivity index (χ3v) is 2.43. The lowest BCUT2D eigenvalue weighted by atomic mass is 10.1. The molecule has 0 fully saturated rings. The van der Waals surface area contributed by atoms with Gasteiger partial charge in [0.15, 0.2) is 0 Å². The first-order valence-corrected chi connectivity index (χ1v) is 6.81. The first-order valence-electron chi connectivity index (χ1n) is 6.81. The second-order valence-electron chi connectivity index (χ2n) is 3.93. The van der Waals surface area contributed by atoms with Crippen LogP contribution in [0.15, 0.2) is 12.7 Å². The van der Waals surface area contributed by atoms with Gasteiger partial charge in [0, 0.05) is 6.54 Å². The maximum absolute atomic E-state index is 5.73. The molecule has 0 aromatic heterocycles. The van der Waals surface area contributed by atoms with Crippen molar-refractivity contribution in [1.82, 2.24) is 4.90 Å². The SMILES string of the molecule is C=CCC(CN)CN(CCC)CCC.CC. The van der Waals surface area contributed by atoms with E-state index in [2.05, 4.69) is 25.3 Å². The molecular formula is C14H32N2. The highest BCUT2D eigenvalue weighted by Gasteiger charge is 2.10. The molecule has 0 saturated carbocycles. The Labute approximate surface area is 103 Å². The van der Waals surface area contributed by atoms with Crippen LogP contribution in [-0.2, 0) is 0 Å². The van der Waals surface area contributed by atoms with Crippen LogP contribution in [-0.4, -0.2) is 31.1 Å². The number of hydrogen-bond donors (Lipinski definition) is 1. The fourth-order valence-electron chi connectivity index (χ4n) is 1.77. The number of nitrogens with zero attached hydrogens (tertiary/aromatic N) is 1. The van der Waals surface area contributed by atoms with E-state index < -0.39 is 0 Å². The van der Waals surface area contributed by atoms with Crippen molar-refractivity contribution in [2.45, 2.75) is 47.0 Å². The maximum Gasteiger partial charge on any atom is 0.00247 e. The summed E-state index contributed by atoms with van der Waals surface area (Å²) >= 11 is 0. The molecule has 2 N–H and O–H groups in total. The number of allylic oxidation sites excluding steroid dienone is 1. The van der Waals surface area contributed by atoms with Gasteiger partial charge >= 0.3 is 0 Å². The average Bonchev–Trinajstić information content (AvgIpc) is 2.31. The Kier molecular flexibility index (Phi) is 16.5. The molecule has 0 aliphatic rings. The van der Waals surface area contributed by atoms with Gasteiger partial charge in [-0.3, -0.25) is 0 Å². The number of hydrogen-bond acceptors (Lipinski definition) is 2. The molecule has 0 saturated heterocycles. The predicted molar refractivity (Wildman–Crippen MR) is 75.7 cm³/mol. The maximum atomic E-state index is 5.73. The minimum atomic E-state index is 0.589. The Balaban J connectivity index is 0. The van der Waals surface area contributed by atoms with Crippen molar-refractivity contribution in [3.63, 3.8) is 0 Å². The van der Waals surface area contributed by atoms with Gasteiger partial charge in [0.1, 0.15) is 0 Å². The first-order chi connectivity index (χ1) is 7.78. The summed E-state index contributed by atoms with van der Waals surface area (Å²) in [7, 11) is 0. The van der Waals surface area contributed by atoms with E-state index in [4.69, 9.17) is 5.73 Å². The standard InChI is InChI=1S/C12H26N2.C2H6/c1-4-7-12(10-13)11-14(8-5-2)9-6-3;1-2/h4,12H,1,5-11,13H2,2-3H3;1-2H3. The second kappa shape index (κ2) is 14.7. The van der Waals surface area contributed by atoms with Gasteiger partial charge in [0.05, 0.1) is 0 Å². The van der Waals surface area contributed by atoms with E-state index in [9.17, 15) is 0 Å². The Morgan fingerprint density at radius 1 is 1.19 bits per heavy atom. The Morgan fingerprint density at radius 3 is 2.00 bits per heavy atom. The molecule has 2 nitrogen and oxygen atoms in total. The van der Waals surface area contributed by atoms with Gasteiger partial charge < -0.3 is 10.6 Å². The quantitative estimate of drug-likeness (QED) is 0.614. The zero-order valence-corrected chi connectivity index (χ0v) is 11.8. The predicted octanol–water partition coefficient (Wildman–Crippen LogP) is 3.29. The fraction of sp³-hybridized carbons (Fsp3) is 0.857. The smallest absolute Gasteiger partial charge is 0.00247 e. The lowest BCUT2D eigenvalue weighted by Crippen LogP contribution is -2.34. The van der Waals surface area contributed by atoms with Gasteiger partial charge in [-0.2, -0.15) is 0 Å². The van der Waals surface area contributed by atoms with Crippen LogP contribution in [0.3, 0.4) is 0 Å². The van der Waals surface area contributed by atoms with Gasteiger partial charge in [-0.05, 0) is 44.8 Å². The van der Waals surface area contributed by atoms with Crippen molar-refractivity contribution in [3.05, 3.63) is 12.7 Å². The van der Waals surface area contributed by atoms with E-state index in [1.165, 1.54) is 25.9 Å². The molecular weight excluding hydrogens is 196 g/mol. The third kappa shape index (κ3) is 10.2. The van der Waals surface area contributed by atoms with E-state index >= 15 is 0 Å². The minimum absolute atomic E-state index is 0.589. The summed E-state index contributed by atoms with van der Waals surface area (Å²) in [6.45, 7) is 16.5. The molecule has 0 aromatic carbocycles. The minimum Gasteiger partial charge on any atom is -0.330 e. The summed E-state index contributed by atoms with van der Waals surface area (Å²) < 4.78 is 0. The molecule has 1 unspecified atom stereocenters. The normalized spacial score (nSPS) is 11.9. The van der Waals surface area contributed by atoms with Crippen molar-refractivity contribution in [2.24, 2.45) is 11.7 Å². The van der Waals surface area contributed by atoms with Gasteiger partial charge in [-0.25, -0.2) is 0 Å². The van der Waals surface area contributed by atoms with Crippen LogP contribution in [0.5, 0.6) is 0 Å². The van der Waals surface area contributed by atoms with Crippen molar-refractivity contribution in [2.75, 3.05) is 26.2 Å². The molecule has 0 amide bonds. The highest BCUT2D eigenvalue weighted by molar-refractivity contribution is 4.76. The van der Waals surface area contributed by atoms with Crippen molar-refractivity contribution in [3.8, 4) is 0 Å². The zero-order chi connectivity index (χ0) is 12.8. The van der Waals surface area contributed by atoms with Gasteiger partial charge in [-0.1, -0.05) is 33.8 Å². The summed E-state index contributed by atoms with van der Waals surface area (Å²) in [5, 5.41) is 0. The van der Waals surface area contributed by atoms with Crippen LogP contribution in [0, 0.1) is 5.92 Å². The van der Waals surface area contributed by atoms with Gasteiger partial charge in [-0.15, -0.1) is 6.58 Å². The molecule has 2 heteroatoms. The fourth-order valence-corrected chi connectivity index (χ4v) is 1.77. The molecule has 0 radical (unpaired) electrons. The van der Waals surface area contributed by atoms with Crippen LogP contribution in [0.4, 0.5) is 0 Å². The van der Waals surface area contributed by atoms with Crippen LogP contribution in [0.25, 0.3) is 0 Å². The number of nitrogens with two attached hydrogens (primary N) is 1. The zero-order valence-electron chi connectivity index (χ0n) is 11.8. The summed E-state index contributed by atoms with van der Waals surface area (Å²) in [6, 6.07) is 0. The van der Waals surface area contributed by atoms with E-state index in [0.717, 1.165) is 19.5 Å². The van der Waals surface area contributed by atoms with E-state index in [1.807, 2.05) is 19.9 Å². The van der Waals surface area contributed by atoms with Crippen molar-refractivity contribution < 1.29 is 0 Å². The molecule has 98 valence electrons. The van der Waals surface area contributed by atoms with E-state index in [1.54, 1.807) is 0 Å². The van der Waals surface area contributed by atoms with Crippen LogP contribution < -0.4 is 5.73 Å². The molecule has 0 bridgehead atoms. The number of rotatable bonds is 9. The Bertz CT molecular complexity index is 129.